The molecule has 0 saturated carbocycles. The topological polar surface area (TPSA) is 0 Å². The first-order chi connectivity index (χ1) is 12.9. The minimum Gasteiger partial charge on any atom is -0.0819 e. The molecule has 27 heavy (non-hydrogen) atoms. The van der Waals surface area contributed by atoms with Crippen molar-refractivity contribution in [3.05, 3.63) is 77.9 Å². The maximum absolute atomic E-state index is 2.42. The van der Waals surface area contributed by atoms with Crippen LogP contribution in [0, 0.1) is 0 Å². The Kier molecular flexibility index (Phi) is 5.90. The summed E-state index contributed by atoms with van der Waals surface area (Å²) >= 11 is 0. The molecule has 0 nitrogen and oxygen atoms in total. The summed E-state index contributed by atoms with van der Waals surface area (Å²) in [5, 5.41) is 0. The van der Waals surface area contributed by atoms with Gasteiger partial charge in [-0.1, -0.05) is 125 Å². The Morgan fingerprint density at radius 3 is 1.37 bits per heavy atom. The van der Waals surface area contributed by atoms with Crippen LogP contribution in [-0.2, 0) is 0 Å². The van der Waals surface area contributed by atoms with Crippen molar-refractivity contribution in [2.45, 2.75) is 53.2 Å². The van der Waals surface area contributed by atoms with Gasteiger partial charge in [0.05, 0.1) is 0 Å². The van der Waals surface area contributed by atoms with E-state index < -0.39 is 0 Å². The predicted octanol–water partition coefficient (Wildman–Crippen LogP) is 7.23. The Labute approximate surface area is 165 Å². The van der Waals surface area contributed by atoms with Crippen molar-refractivity contribution in [2.75, 3.05) is 0 Å². The number of rotatable bonds is 5. The van der Waals surface area contributed by atoms with Crippen molar-refractivity contribution < 1.29 is 0 Å². The molecule has 0 unspecified atom stereocenters. The van der Waals surface area contributed by atoms with Crippen molar-refractivity contribution in [1.82, 2.24) is 0 Å². The van der Waals surface area contributed by atoms with E-state index >= 15 is 0 Å². The average molecular weight is 354 g/mol. The van der Waals surface area contributed by atoms with Gasteiger partial charge in [0.2, 0.25) is 0 Å². The lowest BCUT2D eigenvalue weighted by Gasteiger charge is -2.23. The van der Waals surface area contributed by atoms with Gasteiger partial charge in [-0.3, -0.25) is 0 Å². The molecule has 0 atom stereocenters. The molecule has 138 valence electrons. The smallest absolute Gasteiger partial charge is 0.0819 e. The molecule has 0 aliphatic heterocycles. The summed E-state index contributed by atoms with van der Waals surface area (Å²) in [6.07, 6.45) is 0. The summed E-state index contributed by atoms with van der Waals surface area (Å²) in [4.78, 5) is 0. The van der Waals surface area contributed by atoms with Gasteiger partial charge < -0.3 is 0 Å². The Bertz CT molecular complexity index is 858. The fourth-order valence-corrected chi connectivity index (χ4v) is 3.97. The molecule has 3 aromatic rings. The van der Waals surface area contributed by atoms with Crippen LogP contribution in [0.15, 0.2) is 66.7 Å². The normalized spacial score (nSPS) is 11.3. The van der Waals surface area contributed by atoms with E-state index in [2.05, 4.69) is 108 Å². The van der Waals surface area contributed by atoms with E-state index in [4.69, 9.17) is 0 Å². The molecule has 0 amide bonds. The first-order valence-electron chi connectivity index (χ1n) is 10.2. The van der Waals surface area contributed by atoms with Crippen molar-refractivity contribution >= 4 is 12.2 Å². The van der Waals surface area contributed by atoms with Crippen LogP contribution in [-0.4, -0.2) is 6.71 Å². The summed E-state index contributed by atoms with van der Waals surface area (Å²) < 4.78 is 0. The van der Waals surface area contributed by atoms with Crippen LogP contribution in [0.5, 0.6) is 0 Å². The molecule has 0 bridgehead atoms. The molecular weight excluding hydrogens is 323 g/mol. The highest BCUT2D eigenvalue weighted by molar-refractivity contribution is 6.71. The highest BCUT2D eigenvalue weighted by Crippen LogP contribution is 2.30. The van der Waals surface area contributed by atoms with Gasteiger partial charge >= 0.3 is 0 Å². The second-order valence-electron chi connectivity index (χ2n) is 8.48. The van der Waals surface area contributed by atoms with Gasteiger partial charge in [0.1, 0.15) is 0 Å². The van der Waals surface area contributed by atoms with Crippen LogP contribution in [0.4, 0.5) is 0 Å². The Balaban J connectivity index is 2.09. The minimum atomic E-state index is 0.531. The minimum absolute atomic E-state index is 0.531. The average Bonchev–Trinajstić information content (AvgIpc) is 2.67. The molecule has 0 aromatic heterocycles. The van der Waals surface area contributed by atoms with E-state index in [1.165, 1.54) is 33.4 Å². The highest BCUT2D eigenvalue weighted by Gasteiger charge is 2.19. The van der Waals surface area contributed by atoms with Crippen molar-refractivity contribution in [3.8, 4) is 22.3 Å². The number of hydrogen-bond acceptors (Lipinski definition) is 0. The van der Waals surface area contributed by atoms with Gasteiger partial charge in [-0.2, -0.15) is 0 Å². The molecule has 0 N–H and O–H groups in total. The Morgan fingerprint density at radius 2 is 0.963 bits per heavy atom. The summed E-state index contributed by atoms with van der Waals surface area (Å²) in [5.74, 6) is 1.06. The van der Waals surface area contributed by atoms with Crippen molar-refractivity contribution in [1.29, 1.82) is 0 Å². The molecule has 3 aromatic carbocycles. The van der Waals surface area contributed by atoms with Crippen LogP contribution >= 0.6 is 0 Å². The maximum atomic E-state index is 2.42. The fraction of sp³-hybridized carbons (Fsp3) is 0.308. The molecule has 0 radical (unpaired) electrons. The van der Waals surface area contributed by atoms with Crippen LogP contribution in [0.1, 0.15) is 50.7 Å². The Hall–Kier alpha value is -2.28. The second kappa shape index (κ2) is 8.17. The lowest BCUT2D eigenvalue weighted by Crippen LogP contribution is -2.32. The number of benzene rings is 3. The van der Waals surface area contributed by atoms with E-state index in [9.17, 15) is 0 Å². The van der Waals surface area contributed by atoms with Gasteiger partial charge in [-0.05, 0) is 34.1 Å². The van der Waals surface area contributed by atoms with Crippen LogP contribution in [0.3, 0.4) is 0 Å². The molecule has 0 spiro atoms. The first-order valence-corrected chi connectivity index (χ1v) is 10.2. The molecular formula is C26H31B. The summed E-state index contributed by atoms with van der Waals surface area (Å²) in [6, 6.07) is 24.4. The first kappa shape index (κ1) is 19.5. The van der Waals surface area contributed by atoms with E-state index in [-0.39, 0.29) is 0 Å². The van der Waals surface area contributed by atoms with Gasteiger partial charge in [0.15, 0.2) is 6.71 Å². The highest BCUT2D eigenvalue weighted by atomic mass is 14.2. The quantitative estimate of drug-likeness (QED) is 0.424. The third kappa shape index (κ3) is 4.19. The molecule has 0 aliphatic carbocycles. The molecule has 0 heterocycles. The van der Waals surface area contributed by atoms with Crippen LogP contribution < -0.4 is 5.46 Å². The third-order valence-corrected chi connectivity index (χ3v) is 5.39. The molecule has 0 aliphatic rings. The predicted molar refractivity (Wildman–Crippen MR) is 123 cm³/mol. The lowest BCUT2D eigenvalue weighted by atomic mass is 9.46. The zero-order valence-electron chi connectivity index (χ0n) is 17.6. The molecule has 1 heteroatoms. The van der Waals surface area contributed by atoms with Crippen LogP contribution in [0.2, 0.25) is 13.6 Å². The largest absolute Gasteiger partial charge is 0.170 e. The summed E-state index contributed by atoms with van der Waals surface area (Å²) in [6.45, 7) is 14.4. The SMILES string of the molecule is CB(C)c1c(C(C)C)cc(-c2ccc(-c3ccccc3)cc2)cc1C(C)C. The third-order valence-electron chi connectivity index (χ3n) is 5.39. The molecule has 0 fully saturated rings. The van der Waals surface area contributed by atoms with Crippen molar-refractivity contribution in [2.24, 2.45) is 0 Å². The van der Waals surface area contributed by atoms with E-state index in [1.54, 1.807) is 5.46 Å². The monoisotopic (exact) mass is 354 g/mol. The second-order valence-corrected chi connectivity index (χ2v) is 8.48. The fourth-order valence-electron chi connectivity index (χ4n) is 3.97. The lowest BCUT2D eigenvalue weighted by molar-refractivity contribution is 0.845. The zero-order chi connectivity index (χ0) is 19.6. The Morgan fingerprint density at radius 1 is 0.556 bits per heavy atom. The van der Waals surface area contributed by atoms with Crippen molar-refractivity contribution in [3.63, 3.8) is 0 Å². The molecule has 0 saturated heterocycles. The van der Waals surface area contributed by atoms with E-state index in [0.29, 0.717) is 18.5 Å². The zero-order valence-corrected chi connectivity index (χ0v) is 17.6. The summed E-state index contributed by atoms with van der Waals surface area (Å²) in [5.41, 5.74) is 9.72. The molecule has 3 rings (SSSR count). The van der Waals surface area contributed by atoms with Gasteiger partial charge in [-0.15, -0.1) is 0 Å². The van der Waals surface area contributed by atoms with Crippen LogP contribution in [0.25, 0.3) is 22.3 Å². The standard InChI is InChI=1S/C26H31B/c1-18(2)24-16-23(17-25(19(3)4)26(24)27(5)6)22-14-12-21(13-15-22)20-10-8-7-9-11-20/h7-19H,1-6H3. The maximum Gasteiger partial charge on any atom is 0.170 e. The summed E-state index contributed by atoms with van der Waals surface area (Å²) in [7, 11) is 0. The number of hydrogen-bond donors (Lipinski definition) is 0. The van der Waals surface area contributed by atoms with Gasteiger partial charge in [0, 0.05) is 0 Å². The van der Waals surface area contributed by atoms with E-state index in [1.807, 2.05) is 0 Å². The van der Waals surface area contributed by atoms with Gasteiger partial charge in [-0.25, -0.2) is 0 Å². The van der Waals surface area contributed by atoms with E-state index in [0.717, 1.165) is 0 Å². The van der Waals surface area contributed by atoms with Gasteiger partial charge in [0.25, 0.3) is 0 Å².